The van der Waals surface area contributed by atoms with Crippen LogP contribution >= 0.6 is 11.6 Å². The summed E-state index contributed by atoms with van der Waals surface area (Å²) in [6.07, 6.45) is 0. The predicted octanol–water partition coefficient (Wildman–Crippen LogP) is 3.29. The second-order valence-electron chi connectivity index (χ2n) is 5.38. The second-order valence-corrected chi connectivity index (χ2v) is 5.76. The quantitative estimate of drug-likeness (QED) is 0.861. The zero-order valence-corrected chi connectivity index (χ0v) is 12.1. The molecule has 0 radical (unpaired) electrons. The van der Waals surface area contributed by atoms with Crippen molar-refractivity contribution in [2.24, 2.45) is 11.1 Å². The first-order valence-corrected chi connectivity index (χ1v) is 6.62. The van der Waals surface area contributed by atoms with Crippen LogP contribution in [0.2, 0.25) is 5.02 Å². The number of hydrogen-bond donors (Lipinski definition) is 1. The van der Waals surface area contributed by atoms with Gasteiger partial charge in [-0.2, -0.15) is 0 Å². The monoisotopic (exact) mass is 272 g/mol. The summed E-state index contributed by atoms with van der Waals surface area (Å²) in [7, 11) is 0. The molecule has 0 aliphatic carbocycles. The molecule has 0 unspecified atom stereocenters. The van der Waals surface area contributed by atoms with E-state index in [1.807, 2.05) is 6.07 Å². The normalized spacial score (nSPS) is 12.2. The van der Waals surface area contributed by atoms with Crippen LogP contribution in [0.1, 0.15) is 26.3 Å². The maximum Gasteiger partial charge on any atom is 0.142 e. The maximum atomic E-state index is 13.4. The van der Waals surface area contributed by atoms with Crippen molar-refractivity contribution in [1.29, 1.82) is 0 Å². The van der Waals surface area contributed by atoms with Gasteiger partial charge in [0.25, 0.3) is 0 Å². The first-order valence-electron chi connectivity index (χ1n) is 6.25. The Morgan fingerprint density at radius 3 is 2.61 bits per heavy atom. The second kappa shape index (κ2) is 6.50. The SMILES string of the molecule is CCN(Cc1cccc(F)c1Cl)CC(C)(C)CN. The standard InChI is InChI=1S/C14H22ClFN2/c1-4-18(10-14(2,3)9-17)8-11-6-5-7-12(16)13(11)15/h5-7H,4,8-10,17H2,1-3H3. The lowest BCUT2D eigenvalue weighted by atomic mass is 9.93. The third-order valence-corrected chi connectivity index (χ3v) is 3.50. The summed E-state index contributed by atoms with van der Waals surface area (Å²) in [6, 6.07) is 4.94. The maximum absolute atomic E-state index is 13.4. The number of hydrogen-bond acceptors (Lipinski definition) is 2. The summed E-state index contributed by atoms with van der Waals surface area (Å²) in [6.45, 7) is 9.37. The van der Waals surface area contributed by atoms with Gasteiger partial charge in [-0.25, -0.2) is 4.39 Å². The Morgan fingerprint density at radius 2 is 2.06 bits per heavy atom. The van der Waals surface area contributed by atoms with Crippen LogP contribution in [0.25, 0.3) is 0 Å². The lowest BCUT2D eigenvalue weighted by Gasteiger charge is -2.31. The molecule has 2 nitrogen and oxygen atoms in total. The summed E-state index contributed by atoms with van der Waals surface area (Å²) in [5.41, 5.74) is 6.62. The lowest BCUT2D eigenvalue weighted by Crippen LogP contribution is -2.38. The van der Waals surface area contributed by atoms with Crippen LogP contribution < -0.4 is 5.73 Å². The Labute approximate surface area is 114 Å². The van der Waals surface area contributed by atoms with Crippen molar-refractivity contribution in [2.75, 3.05) is 19.6 Å². The Kier molecular flexibility index (Phi) is 5.57. The largest absolute Gasteiger partial charge is 0.330 e. The van der Waals surface area contributed by atoms with Crippen molar-refractivity contribution in [3.8, 4) is 0 Å². The van der Waals surface area contributed by atoms with Crippen molar-refractivity contribution in [3.05, 3.63) is 34.6 Å². The zero-order valence-electron chi connectivity index (χ0n) is 11.3. The number of nitrogens with two attached hydrogens (primary N) is 1. The molecule has 0 fully saturated rings. The van der Waals surface area contributed by atoms with Crippen LogP contribution in [0.15, 0.2) is 18.2 Å². The topological polar surface area (TPSA) is 29.3 Å². The fourth-order valence-electron chi connectivity index (χ4n) is 1.86. The Balaban J connectivity index is 2.77. The molecule has 0 heterocycles. The van der Waals surface area contributed by atoms with Gasteiger partial charge in [0.1, 0.15) is 5.82 Å². The van der Waals surface area contributed by atoms with E-state index < -0.39 is 0 Å². The van der Waals surface area contributed by atoms with Gasteiger partial charge in [0.05, 0.1) is 5.02 Å². The molecular formula is C14H22ClFN2. The zero-order chi connectivity index (χ0) is 13.8. The number of benzene rings is 1. The van der Waals surface area contributed by atoms with Crippen LogP contribution in [0.5, 0.6) is 0 Å². The number of nitrogens with zero attached hydrogens (tertiary/aromatic N) is 1. The molecule has 0 saturated heterocycles. The molecule has 4 heteroatoms. The molecule has 1 aromatic rings. The van der Waals surface area contributed by atoms with Gasteiger partial charge in [0.2, 0.25) is 0 Å². The molecule has 0 atom stereocenters. The summed E-state index contributed by atoms with van der Waals surface area (Å²) < 4.78 is 13.4. The van der Waals surface area contributed by atoms with Crippen molar-refractivity contribution >= 4 is 11.6 Å². The Morgan fingerprint density at radius 1 is 1.39 bits per heavy atom. The molecule has 1 aromatic carbocycles. The first-order chi connectivity index (χ1) is 8.39. The minimum Gasteiger partial charge on any atom is -0.330 e. The molecule has 0 aromatic heterocycles. The van der Waals surface area contributed by atoms with Crippen molar-refractivity contribution < 1.29 is 4.39 Å². The highest BCUT2D eigenvalue weighted by molar-refractivity contribution is 6.31. The van der Waals surface area contributed by atoms with Crippen LogP contribution in [0.3, 0.4) is 0 Å². The molecule has 0 spiro atoms. The highest BCUT2D eigenvalue weighted by Crippen LogP contribution is 2.23. The molecule has 102 valence electrons. The molecule has 0 saturated carbocycles. The molecule has 0 amide bonds. The predicted molar refractivity (Wildman–Crippen MR) is 75.2 cm³/mol. The van der Waals surface area contributed by atoms with E-state index in [-0.39, 0.29) is 16.3 Å². The van der Waals surface area contributed by atoms with Gasteiger partial charge >= 0.3 is 0 Å². The van der Waals surface area contributed by atoms with Crippen molar-refractivity contribution in [3.63, 3.8) is 0 Å². The summed E-state index contributed by atoms with van der Waals surface area (Å²) in [5, 5.41) is 0.224. The summed E-state index contributed by atoms with van der Waals surface area (Å²) >= 11 is 5.97. The van der Waals surface area contributed by atoms with Crippen molar-refractivity contribution in [1.82, 2.24) is 4.90 Å². The summed E-state index contributed by atoms with van der Waals surface area (Å²) in [4.78, 5) is 2.23. The van der Waals surface area contributed by atoms with E-state index in [1.165, 1.54) is 6.07 Å². The molecule has 0 aliphatic rings. The van der Waals surface area contributed by atoms with E-state index in [2.05, 4.69) is 25.7 Å². The molecule has 18 heavy (non-hydrogen) atoms. The molecule has 0 bridgehead atoms. The third-order valence-electron chi connectivity index (χ3n) is 3.08. The molecule has 0 aliphatic heterocycles. The van der Waals surface area contributed by atoms with E-state index in [0.717, 1.165) is 18.7 Å². The van der Waals surface area contributed by atoms with Gasteiger partial charge in [0, 0.05) is 13.1 Å². The van der Waals surface area contributed by atoms with E-state index >= 15 is 0 Å². The molecule has 2 N–H and O–H groups in total. The van der Waals surface area contributed by atoms with Gasteiger partial charge in [-0.1, -0.05) is 44.5 Å². The fourth-order valence-corrected chi connectivity index (χ4v) is 2.05. The van der Waals surface area contributed by atoms with Crippen LogP contribution in [-0.2, 0) is 6.54 Å². The van der Waals surface area contributed by atoms with Crippen molar-refractivity contribution in [2.45, 2.75) is 27.3 Å². The molecule has 1 rings (SSSR count). The van der Waals surface area contributed by atoms with E-state index in [0.29, 0.717) is 13.1 Å². The fraction of sp³-hybridized carbons (Fsp3) is 0.571. The summed E-state index contributed by atoms with van der Waals surface area (Å²) in [5.74, 6) is -0.358. The minimum atomic E-state index is -0.358. The third kappa shape index (κ3) is 4.23. The average Bonchev–Trinajstić information content (AvgIpc) is 2.33. The van der Waals surface area contributed by atoms with Gasteiger partial charge in [-0.15, -0.1) is 0 Å². The van der Waals surface area contributed by atoms with Gasteiger partial charge in [-0.05, 0) is 30.1 Å². The number of halogens is 2. The molecular weight excluding hydrogens is 251 g/mol. The minimum absolute atomic E-state index is 0.0514. The highest BCUT2D eigenvalue weighted by atomic mass is 35.5. The smallest absolute Gasteiger partial charge is 0.142 e. The van der Waals surface area contributed by atoms with Crippen LogP contribution in [0.4, 0.5) is 4.39 Å². The first kappa shape index (κ1) is 15.4. The Hall–Kier alpha value is -0.640. The van der Waals surface area contributed by atoms with Gasteiger partial charge in [0.15, 0.2) is 0 Å². The lowest BCUT2D eigenvalue weighted by molar-refractivity contribution is 0.183. The Bertz CT molecular complexity index is 393. The van der Waals surface area contributed by atoms with Gasteiger partial charge < -0.3 is 5.73 Å². The van der Waals surface area contributed by atoms with E-state index in [1.54, 1.807) is 6.07 Å². The van der Waals surface area contributed by atoms with Crippen LogP contribution in [-0.4, -0.2) is 24.5 Å². The van der Waals surface area contributed by atoms with E-state index in [4.69, 9.17) is 17.3 Å². The van der Waals surface area contributed by atoms with E-state index in [9.17, 15) is 4.39 Å². The van der Waals surface area contributed by atoms with Crippen LogP contribution in [0, 0.1) is 11.2 Å². The highest BCUT2D eigenvalue weighted by Gasteiger charge is 2.20. The van der Waals surface area contributed by atoms with Gasteiger partial charge in [-0.3, -0.25) is 4.90 Å². The number of rotatable bonds is 6. The average molecular weight is 273 g/mol.